The summed E-state index contributed by atoms with van der Waals surface area (Å²) in [5.41, 5.74) is -1.35. The number of carboxylic acids is 1. The number of carboxylic acid groups (broad SMARTS) is 1. The Morgan fingerprint density at radius 3 is 2.33 bits per heavy atom. The first-order valence-corrected chi connectivity index (χ1v) is 6.62. The molecule has 1 N–H and O–H groups in total. The van der Waals surface area contributed by atoms with E-state index in [0.29, 0.717) is 0 Å². The minimum absolute atomic E-state index is 0. The van der Waals surface area contributed by atoms with Gasteiger partial charge in [-0.3, -0.25) is 10.1 Å². The van der Waals surface area contributed by atoms with E-state index in [1.54, 1.807) is 0 Å². The average Bonchev–Trinajstić information content (AvgIpc) is 2.14. The minimum Gasteiger partial charge on any atom is -0.739 e. The van der Waals surface area contributed by atoms with E-state index >= 15 is 0 Å². The van der Waals surface area contributed by atoms with Gasteiger partial charge in [-0.15, -0.1) is 0 Å². The molecule has 11 heteroatoms. The van der Waals surface area contributed by atoms with Crippen LogP contribution in [0.4, 0.5) is 5.69 Å². The predicted octanol–water partition coefficient (Wildman–Crippen LogP) is -2.15. The monoisotopic (exact) mass is 301 g/mol. The molecule has 0 saturated heterocycles. The van der Waals surface area contributed by atoms with Crippen molar-refractivity contribution in [3.63, 3.8) is 0 Å². The SMILES string of the molecule is O=C(O)c1cc(SS(=O)(=O)[O-])ccc1[N+](=O)[O-].[Na+]. The predicted molar refractivity (Wildman–Crippen MR) is 55.6 cm³/mol. The number of hydrogen-bond acceptors (Lipinski definition) is 7. The summed E-state index contributed by atoms with van der Waals surface area (Å²) < 4.78 is 31.3. The van der Waals surface area contributed by atoms with Gasteiger partial charge in [0.2, 0.25) is 0 Å². The van der Waals surface area contributed by atoms with Crippen LogP contribution in [0.2, 0.25) is 0 Å². The zero-order valence-electron chi connectivity index (χ0n) is 8.89. The van der Waals surface area contributed by atoms with Crippen LogP contribution in [-0.4, -0.2) is 29.0 Å². The van der Waals surface area contributed by atoms with Crippen LogP contribution >= 0.6 is 10.8 Å². The topological polar surface area (TPSA) is 138 Å². The van der Waals surface area contributed by atoms with Crippen molar-refractivity contribution < 1.29 is 57.4 Å². The third kappa shape index (κ3) is 4.92. The molecule has 0 unspecified atom stereocenters. The molecular weight excluding hydrogens is 297 g/mol. The molecule has 8 nitrogen and oxygen atoms in total. The van der Waals surface area contributed by atoms with E-state index in [0.717, 1.165) is 18.2 Å². The summed E-state index contributed by atoms with van der Waals surface area (Å²) in [5.74, 6) is -1.58. The molecule has 0 spiro atoms. The van der Waals surface area contributed by atoms with Gasteiger partial charge in [-0.25, -0.2) is 13.2 Å². The van der Waals surface area contributed by atoms with Crippen LogP contribution in [0.15, 0.2) is 23.1 Å². The van der Waals surface area contributed by atoms with E-state index < -0.39 is 31.3 Å². The third-order valence-corrected chi connectivity index (χ3v) is 3.43. The second-order valence-electron chi connectivity index (χ2n) is 2.73. The molecule has 92 valence electrons. The van der Waals surface area contributed by atoms with Gasteiger partial charge in [0.25, 0.3) is 5.69 Å². The number of hydrogen-bond donors (Lipinski definition) is 1. The number of nitro benzene ring substituents is 1. The number of rotatable bonds is 4. The molecule has 0 fully saturated rings. The standard InChI is InChI=1S/C7H5NO7S2.Na/c9-7(10)5-3-4(16-17(13,14)15)1-2-6(5)8(11)12;/h1-3H,(H,9,10)(H,13,14,15);/q;+1/p-1. The fourth-order valence-corrected chi connectivity index (χ4v) is 2.56. The van der Waals surface area contributed by atoms with E-state index in [2.05, 4.69) is 0 Å². The molecule has 1 aromatic rings. The fraction of sp³-hybridized carbons (Fsp3) is 0. The number of carbonyl (C=O) groups is 1. The van der Waals surface area contributed by atoms with E-state index in [-0.39, 0.29) is 45.2 Å². The second kappa shape index (κ2) is 6.50. The summed E-state index contributed by atoms with van der Waals surface area (Å²) >= 11 is 0. The van der Waals surface area contributed by atoms with Gasteiger partial charge < -0.3 is 9.66 Å². The van der Waals surface area contributed by atoms with Crippen molar-refractivity contribution in [1.29, 1.82) is 0 Å². The molecule has 0 aromatic heterocycles. The van der Waals surface area contributed by atoms with Crippen molar-refractivity contribution >= 4 is 31.6 Å². The second-order valence-corrected chi connectivity index (χ2v) is 5.91. The summed E-state index contributed by atoms with van der Waals surface area (Å²) in [6.45, 7) is 0. The Morgan fingerprint density at radius 2 is 1.94 bits per heavy atom. The maximum Gasteiger partial charge on any atom is 1.00 e. The van der Waals surface area contributed by atoms with Crippen LogP contribution < -0.4 is 29.6 Å². The van der Waals surface area contributed by atoms with Crippen LogP contribution in [0.1, 0.15) is 10.4 Å². The van der Waals surface area contributed by atoms with Crippen LogP contribution in [0.5, 0.6) is 0 Å². The smallest absolute Gasteiger partial charge is 0.739 e. The summed E-state index contributed by atoms with van der Waals surface area (Å²) in [7, 11) is -4.77. The van der Waals surface area contributed by atoms with Crippen LogP contribution in [0.25, 0.3) is 0 Å². The molecular formula is C7H4NNaO7S2. The largest absolute Gasteiger partial charge is 1.00 e. The molecule has 0 radical (unpaired) electrons. The Kier molecular flexibility index (Phi) is 6.26. The van der Waals surface area contributed by atoms with E-state index in [9.17, 15) is 27.9 Å². The van der Waals surface area contributed by atoms with Crippen molar-refractivity contribution in [2.24, 2.45) is 0 Å². The summed E-state index contributed by atoms with van der Waals surface area (Å²) in [4.78, 5) is 20.1. The molecule has 0 aliphatic rings. The number of benzene rings is 1. The number of nitrogens with zero attached hydrogens (tertiary/aromatic N) is 1. The Morgan fingerprint density at radius 1 is 1.39 bits per heavy atom. The van der Waals surface area contributed by atoms with E-state index in [1.807, 2.05) is 0 Å². The maximum atomic E-state index is 10.7. The number of aromatic carboxylic acids is 1. The van der Waals surface area contributed by atoms with Gasteiger partial charge in [-0.05, 0) is 22.9 Å². The van der Waals surface area contributed by atoms with Gasteiger partial charge >= 0.3 is 35.5 Å². The van der Waals surface area contributed by atoms with Crippen LogP contribution in [0, 0.1) is 10.1 Å². The molecule has 0 heterocycles. The Labute approximate surface area is 127 Å². The normalized spacial score (nSPS) is 10.5. The fourth-order valence-electron chi connectivity index (χ4n) is 1.02. The molecule has 0 atom stereocenters. The first kappa shape index (κ1) is 17.4. The first-order valence-electron chi connectivity index (χ1n) is 3.88. The molecule has 0 aliphatic carbocycles. The van der Waals surface area contributed by atoms with Crippen LogP contribution in [0.3, 0.4) is 0 Å². The summed E-state index contributed by atoms with van der Waals surface area (Å²) in [6.07, 6.45) is 0. The van der Waals surface area contributed by atoms with Crippen molar-refractivity contribution in [1.82, 2.24) is 0 Å². The molecule has 0 saturated carbocycles. The van der Waals surface area contributed by atoms with Crippen LogP contribution in [-0.2, 0) is 9.15 Å². The maximum absolute atomic E-state index is 10.7. The number of nitro groups is 1. The Bertz CT molecular complexity index is 585. The molecule has 18 heavy (non-hydrogen) atoms. The zero-order valence-corrected chi connectivity index (χ0v) is 12.5. The molecule has 1 aromatic carbocycles. The van der Waals surface area contributed by atoms with Crippen molar-refractivity contribution in [3.05, 3.63) is 33.9 Å². The van der Waals surface area contributed by atoms with Gasteiger partial charge in [0.15, 0.2) is 9.15 Å². The van der Waals surface area contributed by atoms with Crippen molar-refractivity contribution in [2.45, 2.75) is 4.90 Å². The van der Waals surface area contributed by atoms with Crippen molar-refractivity contribution in [3.8, 4) is 0 Å². The van der Waals surface area contributed by atoms with Gasteiger partial charge in [0.1, 0.15) is 5.56 Å². The summed E-state index contributed by atoms with van der Waals surface area (Å²) in [5, 5.41) is 19.2. The third-order valence-electron chi connectivity index (χ3n) is 1.59. The minimum atomic E-state index is -4.65. The summed E-state index contributed by atoms with van der Waals surface area (Å²) in [6, 6.07) is 2.59. The van der Waals surface area contributed by atoms with Gasteiger partial charge in [-0.2, -0.15) is 0 Å². The van der Waals surface area contributed by atoms with Gasteiger partial charge in [0.05, 0.1) is 4.92 Å². The molecule has 0 aliphatic heterocycles. The molecule has 1 rings (SSSR count). The van der Waals surface area contributed by atoms with Gasteiger partial charge in [-0.1, -0.05) is 0 Å². The first-order chi connectivity index (χ1) is 7.70. The average molecular weight is 301 g/mol. The van der Waals surface area contributed by atoms with Gasteiger partial charge in [0, 0.05) is 11.0 Å². The van der Waals surface area contributed by atoms with E-state index in [4.69, 9.17) is 5.11 Å². The quantitative estimate of drug-likeness (QED) is 0.218. The van der Waals surface area contributed by atoms with Crippen molar-refractivity contribution in [2.75, 3.05) is 0 Å². The Hall–Kier alpha value is -0.650. The Balaban J connectivity index is 0.00000289. The molecule has 0 bridgehead atoms. The zero-order chi connectivity index (χ0) is 13.2. The molecule has 0 amide bonds. The van der Waals surface area contributed by atoms with E-state index in [1.165, 1.54) is 0 Å².